The fraction of sp³-hybridized carbons (Fsp3) is 0.250. The highest BCUT2D eigenvalue weighted by atomic mass is 16.6. The summed E-state index contributed by atoms with van der Waals surface area (Å²) in [4.78, 5) is 20.0. The third-order valence-electron chi connectivity index (χ3n) is 3.43. The summed E-state index contributed by atoms with van der Waals surface area (Å²) in [6.07, 6.45) is 2.04. The third kappa shape index (κ3) is 4.18. The summed E-state index contributed by atoms with van der Waals surface area (Å²) in [6.45, 7) is 1.63. The Balaban J connectivity index is 2.44. The van der Waals surface area contributed by atoms with Crippen LogP contribution in [-0.4, -0.2) is 28.0 Å². The molecular weight excluding hydrogens is 322 g/mol. The van der Waals surface area contributed by atoms with E-state index in [0.717, 1.165) is 18.3 Å². The molecule has 25 heavy (non-hydrogen) atoms. The number of nitrogens with one attached hydrogen (secondary N) is 1. The van der Waals surface area contributed by atoms with Gasteiger partial charge in [-0.3, -0.25) is 10.1 Å². The monoisotopic (exact) mass is 337 g/mol. The SMILES string of the molecule is CCc1ccc(Nc2ncnc(N(CC#N)CC#N)c2[N+](=O)[O-])cc1. The fourth-order valence-electron chi connectivity index (χ4n) is 2.20. The summed E-state index contributed by atoms with van der Waals surface area (Å²) >= 11 is 0. The molecule has 2 aromatic rings. The van der Waals surface area contributed by atoms with E-state index in [9.17, 15) is 10.1 Å². The Hall–Kier alpha value is -3.72. The lowest BCUT2D eigenvalue weighted by atomic mass is 10.1. The summed E-state index contributed by atoms with van der Waals surface area (Å²) in [5.41, 5.74) is 1.39. The van der Waals surface area contributed by atoms with Gasteiger partial charge in [-0.05, 0) is 24.1 Å². The van der Waals surface area contributed by atoms with Crippen molar-refractivity contribution in [3.8, 4) is 12.1 Å². The van der Waals surface area contributed by atoms with Crippen LogP contribution in [0, 0.1) is 32.8 Å². The van der Waals surface area contributed by atoms with Gasteiger partial charge in [-0.25, -0.2) is 9.97 Å². The van der Waals surface area contributed by atoms with Crippen LogP contribution < -0.4 is 10.2 Å². The maximum Gasteiger partial charge on any atom is 0.353 e. The number of hydrogen-bond donors (Lipinski definition) is 1. The van der Waals surface area contributed by atoms with Gasteiger partial charge in [-0.1, -0.05) is 19.1 Å². The summed E-state index contributed by atoms with van der Waals surface area (Å²) in [7, 11) is 0. The number of anilines is 3. The van der Waals surface area contributed by atoms with Crippen molar-refractivity contribution in [2.45, 2.75) is 13.3 Å². The fourth-order valence-corrected chi connectivity index (χ4v) is 2.20. The molecule has 0 bridgehead atoms. The minimum absolute atomic E-state index is 0.000119. The van der Waals surface area contributed by atoms with Crippen molar-refractivity contribution in [2.24, 2.45) is 0 Å². The molecule has 0 aliphatic rings. The molecule has 0 fully saturated rings. The Bertz CT molecular complexity index is 821. The molecule has 0 saturated heterocycles. The number of hydrogen-bond acceptors (Lipinski definition) is 8. The molecule has 0 unspecified atom stereocenters. The number of aromatic nitrogens is 2. The summed E-state index contributed by atoms with van der Waals surface area (Å²) in [6, 6.07) is 11.2. The zero-order valence-corrected chi connectivity index (χ0v) is 13.5. The van der Waals surface area contributed by atoms with Crippen LogP contribution in [0.1, 0.15) is 12.5 Å². The molecule has 0 radical (unpaired) electrons. The number of benzene rings is 1. The number of aryl methyl sites for hydroxylation is 1. The van der Waals surface area contributed by atoms with Gasteiger partial charge in [0.05, 0.1) is 17.1 Å². The van der Waals surface area contributed by atoms with Gasteiger partial charge in [0.2, 0.25) is 11.6 Å². The van der Waals surface area contributed by atoms with Gasteiger partial charge < -0.3 is 10.2 Å². The van der Waals surface area contributed by atoms with Crippen LogP contribution in [0.2, 0.25) is 0 Å². The van der Waals surface area contributed by atoms with Crippen molar-refractivity contribution in [3.63, 3.8) is 0 Å². The van der Waals surface area contributed by atoms with Gasteiger partial charge in [0, 0.05) is 5.69 Å². The molecule has 2 rings (SSSR count). The Morgan fingerprint density at radius 1 is 1.20 bits per heavy atom. The Morgan fingerprint density at radius 2 is 1.84 bits per heavy atom. The molecule has 0 aliphatic carbocycles. The van der Waals surface area contributed by atoms with Crippen LogP contribution in [0.5, 0.6) is 0 Å². The minimum atomic E-state index is -0.625. The molecule has 9 heteroatoms. The number of rotatable bonds is 7. The van der Waals surface area contributed by atoms with E-state index in [1.807, 2.05) is 31.2 Å². The van der Waals surface area contributed by atoms with Crippen LogP contribution >= 0.6 is 0 Å². The first-order chi connectivity index (χ1) is 12.1. The molecule has 0 aliphatic heterocycles. The first kappa shape index (κ1) is 17.6. The predicted molar refractivity (Wildman–Crippen MR) is 91.2 cm³/mol. The van der Waals surface area contributed by atoms with Gasteiger partial charge in [-0.2, -0.15) is 10.5 Å². The highest BCUT2D eigenvalue weighted by Crippen LogP contribution is 2.33. The van der Waals surface area contributed by atoms with Crippen LogP contribution in [0.25, 0.3) is 0 Å². The van der Waals surface area contributed by atoms with Gasteiger partial charge in [0.25, 0.3) is 0 Å². The average molecular weight is 337 g/mol. The number of nitrogens with zero attached hydrogens (tertiary/aromatic N) is 6. The first-order valence-electron chi connectivity index (χ1n) is 7.44. The van der Waals surface area contributed by atoms with Gasteiger partial charge in [0.15, 0.2) is 0 Å². The van der Waals surface area contributed by atoms with E-state index in [1.165, 1.54) is 4.90 Å². The minimum Gasteiger partial charge on any atom is -0.334 e. The standard InChI is InChI=1S/C16H15N7O2/c1-2-12-3-5-13(6-4-12)21-15-14(23(24)25)16(20-11-19-15)22(9-7-17)10-8-18/h3-6,11H,2,9-10H2,1H3,(H,19,20,21). The van der Waals surface area contributed by atoms with Crippen molar-refractivity contribution < 1.29 is 4.92 Å². The van der Waals surface area contributed by atoms with Crippen LogP contribution in [0.15, 0.2) is 30.6 Å². The van der Waals surface area contributed by atoms with Crippen LogP contribution in [-0.2, 0) is 6.42 Å². The second kappa shape index (κ2) is 8.22. The molecule has 0 saturated carbocycles. The number of nitro groups is 1. The lowest BCUT2D eigenvalue weighted by Crippen LogP contribution is -2.26. The number of nitriles is 2. The molecule has 9 nitrogen and oxygen atoms in total. The van der Waals surface area contributed by atoms with Crippen molar-refractivity contribution in [2.75, 3.05) is 23.3 Å². The van der Waals surface area contributed by atoms with E-state index in [-0.39, 0.29) is 30.4 Å². The summed E-state index contributed by atoms with van der Waals surface area (Å²) in [5, 5.41) is 32.2. The molecule has 0 amide bonds. The second-order valence-electron chi connectivity index (χ2n) is 5.00. The largest absolute Gasteiger partial charge is 0.353 e. The van der Waals surface area contributed by atoms with Crippen molar-refractivity contribution in [3.05, 3.63) is 46.3 Å². The van der Waals surface area contributed by atoms with Crippen molar-refractivity contribution >= 4 is 23.0 Å². The quantitative estimate of drug-likeness (QED) is 0.463. The smallest absolute Gasteiger partial charge is 0.334 e. The second-order valence-corrected chi connectivity index (χ2v) is 5.00. The molecular formula is C16H15N7O2. The molecule has 1 N–H and O–H groups in total. The molecule has 1 aromatic carbocycles. The maximum atomic E-state index is 11.5. The van der Waals surface area contributed by atoms with Crippen molar-refractivity contribution in [1.82, 2.24) is 9.97 Å². The van der Waals surface area contributed by atoms with Crippen molar-refractivity contribution in [1.29, 1.82) is 10.5 Å². The zero-order valence-electron chi connectivity index (χ0n) is 13.5. The molecule has 0 spiro atoms. The topological polar surface area (TPSA) is 132 Å². The van der Waals surface area contributed by atoms with Gasteiger partial charge in [-0.15, -0.1) is 0 Å². The maximum absolute atomic E-state index is 11.5. The van der Waals surface area contributed by atoms with E-state index in [1.54, 1.807) is 12.1 Å². The van der Waals surface area contributed by atoms with E-state index >= 15 is 0 Å². The zero-order chi connectivity index (χ0) is 18.2. The van der Waals surface area contributed by atoms with E-state index < -0.39 is 4.92 Å². The average Bonchev–Trinajstić information content (AvgIpc) is 2.62. The molecule has 0 atom stereocenters. The molecule has 1 aromatic heterocycles. The highest BCUT2D eigenvalue weighted by molar-refractivity contribution is 5.74. The normalized spacial score (nSPS) is 9.72. The lowest BCUT2D eigenvalue weighted by Gasteiger charge is -2.17. The van der Waals surface area contributed by atoms with Crippen LogP contribution in [0.3, 0.4) is 0 Å². The Labute approximate surface area is 144 Å². The molecule has 1 heterocycles. The summed E-state index contributed by atoms with van der Waals surface area (Å²) < 4.78 is 0. The van der Waals surface area contributed by atoms with E-state index in [2.05, 4.69) is 15.3 Å². The van der Waals surface area contributed by atoms with E-state index in [4.69, 9.17) is 10.5 Å². The molecule has 126 valence electrons. The summed E-state index contributed by atoms with van der Waals surface area (Å²) in [5.74, 6) is -0.0732. The predicted octanol–water partition coefficient (Wildman–Crippen LogP) is 2.54. The van der Waals surface area contributed by atoms with E-state index in [0.29, 0.717) is 5.69 Å². The highest BCUT2D eigenvalue weighted by Gasteiger charge is 2.27. The van der Waals surface area contributed by atoms with Gasteiger partial charge in [0.1, 0.15) is 19.4 Å². The first-order valence-corrected chi connectivity index (χ1v) is 7.44. The lowest BCUT2D eigenvalue weighted by molar-refractivity contribution is -0.383. The Kier molecular flexibility index (Phi) is 5.80. The van der Waals surface area contributed by atoms with Crippen LogP contribution in [0.4, 0.5) is 23.0 Å². The Morgan fingerprint density at radius 3 is 2.36 bits per heavy atom. The third-order valence-corrected chi connectivity index (χ3v) is 3.43. The van der Waals surface area contributed by atoms with Gasteiger partial charge >= 0.3 is 5.69 Å².